The van der Waals surface area contributed by atoms with E-state index in [0.29, 0.717) is 22.9 Å². The van der Waals surface area contributed by atoms with Gasteiger partial charge >= 0.3 is 5.97 Å². The Kier molecular flexibility index (Phi) is 5.71. The van der Waals surface area contributed by atoms with E-state index in [9.17, 15) is 4.79 Å². The Hall–Kier alpha value is -0.670. The SMILES string of the molecule is CCOC(=O)c1c(S)cccc1CCCCl. The number of esters is 1. The second-order valence-corrected chi connectivity index (χ2v) is 4.18. The van der Waals surface area contributed by atoms with Crippen LogP contribution in [0.2, 0.25) is 0 Å². The highest BCUT2D eigenvalue weighted by Crippen LogP contribution is 2.21. The van der Waals surface area contributed by atoms with Gasteiger partial charge in [-0.3, -0.25) is 0 Å². The summed E-state index contributed by atoms with van der Waals surface area (Å²) in [5.74, 6) is 0.275. The van der Waals surface area contributed by atoms with Crippen molar-refractivity contribution < 1.29 is 9.53 Å². The third kappa shape index (κ3) is 3.42. The number of carbonyl (C=O) groups is 1. The van der Waals surface area contributed by atoms with Crippen molar-refractivity contribution in [1.29, 1.82) is 0 Å². The lowest BCUT2D eigenvalue weighted by atomic mass is 10.0. The van der Waals surface area contributed by atoms with Gasteiger partial charge in [0.15, 0.2) is 0 Å². The van der Waals surface area contributed by atoms with Crippen LogP contribution >= 0.6 is 24.2 Å². The molecule has 0 saturated heterocycles. The van der Waals surface area contributed by atoms with Crippen molar-refractivity contribution in [3.05, 3.63) is 29.3 Å². The molecule has 0 aromatic heterocycles. The van der Waals surface area contributed by atoms with Crippen LogP contribution < -0.4 is 0 Å². The molecule has 0 amide bonds. The van der Waals surface area contributed by atoms with Crippen molar-refractivity contribution in [2.45, 2.75) is 24.7 Å². The van der Waals surface area contributed by atoms with Gasteiger partial charge in [-0.15, -0.1) is 24.2 Å². The van der Waals surface area contributed by atoms with Gasteiger partial charge in [0.1, 0.15) is 0 Å². The van der Waals surface area contributed by atoms with Crippen molar-refractivity contribution in [2.24, 2.45) is 0 Å². The summed E-state index contributed by atoms with van der Waals surface area (Å²) in [4.78, 5) is 12.4. The van der Waals surface area contributed by atoms with Gasteiger partial charge in [-0.25, -0.2) is 4.79 Å². The van der Waals surface area contributed by atoms with Crippen LogP contribution in [0.5, 0.6) is 0 Å². The zero-order valence-electron chi connectivity index (χ0n) is 9.20. The molecule has 88 valence electrons. The number of carbonyl (C=O) groups excluding carboxylic acids is 1. The third-order valence-electron chi connectivity index (χ3n) is 2.19. The van der Waals surface area contributed by atoms with Gasteiger partial charge in [-0.1, -0.05) is 12.1 Å². The first kappa shape index (κ1) is 13.4. The normalized spacial score (nSPS) is 10.2. The molecule has 1 aromatic rings. The first-order chi connectivity index (χ1) is 7.70. The molecule has 0 aliphatic carbocycles. The summed E-state index contributed by atoms with van der Waals surface area (Å²) < 4.78 is 5.01. The fourth-order valence-electron chi connectivity index (χ4n) is 1.49. The van der Waals surface area contributed by atoms with Gasteiger partial charge in [0.2, 0.25) is 0 Å². The molecule has 0 aliphatic heterocycles. The molecule has 0 radical (unpaired) electrons. The number of halogens is 1. The summed E-state index contributed by atoms with van der Waals surface area (Å²) in [5.41, 5.74) is 1.52. The van der Waals surface area contributed by atoms with Crippen molar-refractivity contribution in [1.82, 2.24) is 0 Å². The van der Waals surface area contributed by atoms with E-state index in [0.717, 1.165) is 18.4 Å². The number of thiol groups is 1. The summed E-state index contributed by atoms with van der Waals surface area (Å²) in [6.45, 7) is 2.16. The molecule has 0 saturated carbocycles. The van der Waals surface area contributed by atoms with E-state index < -0.39 is 0 Å². The minimum atomic E-state index is -0.308. The molecule has 0 aliphatic rings. The van der Waals surface area contributed by atoms with Gasteiger partial charge < -0.3 is 4.74 Å². The minimum Gasteiger partial charge on any atom is -0.462 e. The lowest BCUT2D eigenvalue weighted by molar-refractivity contribution is 0.0521. The second kappa shape index (κ2) is 6.81. The van der Waals surface area contributed by atoms with E-state index in [4.69, 9.17) is 16.3 Å². The van der Waals surface area contributed by atoms with E-state index >= 15 is 0 Å². The Bertz CT molecular complexity index is 366. The number of benzene rings is 1. The highest BCUT2D eigenvalue weighted by Gasteiger charge is 2.15. The maximum atomic E-state index is 11.7. The van der Waals surface area contributed by atoms with Gasteiger partial charge in [0, 0.05) is 10.8 Å². The van der Waals surface area contributed by atoms with Crippen molar-refractivity contribution in [2.75, 3.05) is 12.5 Å². The van der Waals surface area contributed by atoms with E-state index in [1.54, 1.807) is 13.0 Å². The number of alkyl halides is 1. The molecule has 1 aromatic carbocycles. The van der Waals surface area contributed by atoms with Gasteiger partial charge in [-0.2, -0.15) is 0 Å². The average Bonchev–Trinajstić information content (AvgIpc) is 2.26. The maximum absolute atomic E-state index is 11.7. The zero-order chi connectivity index (χ0) is 12.0. The first-order valence-corrected chi connectivity index (χ1v) is 6.22. The monoisotopic (exact) mass is 258 g/mol. The number of aryl methyl sites for hydroxylation is 1. The predicted molar refractivity (Wildman–Crippen MR) is 68.7 cm³/mol. The van der Waals surface area contributed by atoms with Crippen LogP contribution in [0.25, 0.3) is 0 Å². The summed E-state index contributed by atoms with van der Waals surface area (Å²) >= 11 is 9.94. The molecule has 0 N–H and O–H groups in total. The summed E-state index contributed by atoms with van der Waals surface area (Å²) in [7, 11) is 0. The smallest absolute Gasteiger partial charge is 0.339 e. The number of rotatable bonds is 5. The molecule has 0 heterocycles. The van der Waals surface area contributed by atoms with E-state index in [-0.39, 0.29) is 5.97 Å². The number of hydrogen-bond donors (Lipinski definition) is 1. The quantitative estimate of drug-likeness (QED) is 0.498. The van der Waals surface area contributed by atoms with Crippen LogP contribution in [0.15, 0.2) is 23.1 Å². The topological polar surface area (TPSA) is 26.3 Å². The highest BCUT2D eigenvalue weighted by molar-refractivity contribution is 7.80. The van der Waals surface area contributed by atoms with Crippen LogP contribution in [-0.2, 0) is 11.2 Å². The molecule has 0 atom stereocenters. The molecule has 1 rings (SSSR count). The molecule has 2 nitrogen and oxygen atoms in total. The Morgan fingerprint density at radius 2 is 2.25 bits per heavy atom. The molecule has 0 bridgehead atoms. The minimum absolute atomic E-state index is 0.308. The van der Waals surface area contributed by atoms with Gasteiger partial charge in [0.25, 0.3) is 0 Å². The number of ether oxygens (including phenoxy) is 1. The van der Waals surface area contributed by atoms with Crippen molar-refractivity contribution in [3.63, 3.8) is 0 Å². The van der Waals surface area contributed by atoms with Crippen LogP contribution in [0, 0.1) is 0 Å². The third-order valence-corrected chi connectivity index (χ3v) is 2.83. The predicted octanol–water partition coefficient (Wildman–Crippen LogP) is 3.32. The zero-order valence-corrected chi connectivity index (χ0v) is 10.9. The lowest BCUT2D eigenvalue weighted by Crippen LogP contribution is -2.09. The first-order valence-electron chi connectivity index (χ1n) is 5.24. The fourth-order valence-corrected chi connectivity index (χ4v) is 1.95. The van der Waals surface area contributed by atoms with Crippen LogP contribution in [-0.4, -0.2) is 18.5 Å². The van der Waals surface area contributed by atoms with E-state index in [2.05, 4.69) is 12.6 Å². The van der Waals surface area contributed by atoms with Crippen molar-refractivity contribution >= 4 is 30.2 Å². The van der Waals surface area contributed by atoms with Gasteiger partial charge in [0.05, 0.1) is 12.2 Å². The Morgan fingerprint density at radius 3 is 2.88 bits per heavy atom. The Morgan fingerprint density at radius 1 is 1.50 bits per heavy atom. The largest absolute Gasteiger partial charge is 0.462 e. The van der Waals surface area contributed by atoms with Crippen LogP contribution in [0.1, 0.15) is 29.3 Å². The molecular formula is C12H15ClO2S. The molecule has 0 fully saturated rings. The molecule has 0 unspecified atom stereocenters. The summed E-state index contributed by atoms with van der Waals surface area (Å²) in [5, 5.41) is 0. The molecule has 4 heteroatoms. The maximum Gasteiger partial charge on any atom is 0.339 e. The highest BCUT2D eigenvalue weighted by atomic mass is 35.5. The summed E-state index contributed by atoms with van der Waals surface area (Å²) in [6.07, 6.45) is 1.61. The van der Waals surface area contributed by atoms with Crippen LogP contribution in [0.4, 0.5) is 0 Å². The van der Waals surface area contributed by atoms with Gasteiger partial charge in [-0.05, 0) is 31.4 Å². The number of hydrogen-bond acceptors (Lipinski definition) is 3. The fraction of sp³-hybridized carbons (Fsp3) is 0.417. The van der Waals surface area contributed by atoms with E-state index in [1.165, 1.54) is 0 Å². The average molecular weight is 259 g/mol. The second-order valence-electron chi connectivity index (χ2n) is 3.32. The Labute approximate surface area is 106 Å². The van der Waals surface area contributed by atoms with E-state index in [1.807, 2.05) is 12.1 Å². The lowest BCUT2D eigenvalue weighted by Gasteiger charge is -2.10. The van der Waals surface area contributed by atoms with Crippen molar-refractivity contribution in [3.8, 4) is 0 Å². The standard InChI is InChI=1S/C12H15ClO2S/c1-2-15-12(14)11-9(6-4-8-13)5-3-7-10(11)16/h3,5,7,16H,2,4,6,8H2,1H3. The molecule has 0 spiro atoms. The Balaban J connectivity index is 2.98. The van der Waals surface area contributed by atoms with Crippen LogP contribution in [0.3, 0.4) is 0 Å². The molecular weight excluding hydrogens is 244 g/mol. The molecule has 16 heavy (non-hydrogen) atoms. The summed E-state index contributed by atoms with van der Waals surface area (Å²) in [6, 6.07) is 5.59.